The van der Waals surface area contributed by atoms with E-state index in [1.54, 1.807) is 21.1 Å². The summed E-state index contributed by atoms with van der Waals surface area (Å²) in [5, 5.41) is 11.5. The Hall–Kier alpha value is -2.19. The molecule has 2 atom stereocenters. The molecular formula is C38H69NO7. The van der Waals surface area contributed by atoms with Crippen molar-refractivity contribution < 1.29 is 38.2 Å². The second-order valence-electron chi connectivity index (χ2n) is 13.4. The Balaban J connectivity index is 4.34. The van der Waals surface area contributed by atoms with Crippen molar-refractivity contribution in [3.8, 4) is 0 Å². The predicted molar refractivity (Wildman–Crippen MR) is 185 cm³/mol. The van der Waals surface area contributed by atoms with Gasteiger partial charge in [-0.2, -0.15) is 0 Å². The van der Waals surface area contributed by atoms with Gasteiger partial charge in [-0.15, -0.1) is 0 Å². The molecule has 268 valence electrons. The molecule has 8 nitrogen and oxygen atoms in total. The molecule has 0 amide bonds. The first-order valence-electron chi connectivity index (χ1n) is 18.4. The molecule has 0 bridgehead atoms. The highest BCUT2D eigenvalue weighted by Crippen LogP contribution is 2.14. The number of nitrogens with zero attached hydrogens (tertiary/aromatic N) is 1. The number of likely N-dealkylation sites (N-methyl/N-ethyl adjacent to an activating group) is 1. The van der Waals surface area contributed by atoms with Crippen molar-refractivity contribution in [2.24, 2.45) is 0 Å². The standard InChI is InChI=1S/C38H69NO7/c1-6-8-10-12-14-15-16-17-18-19-20-21-23-24-26-28-36(40)45-33-34(32-44-31-30-35(38(42)43)39(3,4)5)46-37(41)29-27-25-22-13-11-9-7-2/h9,11,22,25,34-35H,6-8,10,12-21,23-24,26-33H2,1-5H3/b11-9+,25-22+. The van der Waals surface area contributed by atoms with Crippen molar-refractivity contribution in [3.63, 3.8) is 0 Å². The Bertz CT molecular complexity index is 818. The largest absolute Gasteiger partial charge is 0.544 e. The van der Waals surface area contributed by atoms with Crippen LogP contribution < -0.4 is 5.11 Å². The molecule has 0 radical (unpaired) electrons. The lowest BCUT2D eigenvalue weighted by atomic mass is 10.0. The molecule has 2 unspecified atom stereocenters. The highest BCUT2D eigenvalue weighted by molar-refractivity contribution is 5.70. The van der Waals surface area contributed by atoms with Gasteiger partial charge < -0.3 is 28.6 Å². The molecule has 0 fully saturated rings. The van der Waals surface area contributed by atoms with E-state index >= 15 is 0 Å². The number of quaternary nitrogens is 1. The number of aliphatic carboxylic acids is 1. The number of hydrogen-bond donors (Lipinski definition) is 0. The van der Waals surface area contributed by atoms with Crippen molar-refractivity contribution in [1.82, 2.24) is 0 Å². The molecule has 8 heteroatoms. The average Bonchev–Trinajstić information content (AvgIpc) is 3.00. The number of ether oxygens (including phenoxy) is 3. The molecule has 0 rings (SSSR count). The quantitative estimate of drug-likeness (QED) is 0.0319. The van der Waals surface area contributed by atoms with Crippen LogP contribution >= 0.6 is 0 Å². The average molecular weight is 652 g/mol. The summed E-state index contributed by atoms with van der Waals surface area (Å²) >= 11 is 0. The van der Waals surface area contributed by atoms with E-state index in [1.807, 2.05) is 12.2 Å². The molecular weight excluding hydrogens is 582 g/mol. The van der Waals surface area contributed by atoms with E-state index in [9.17, 15) is 19.5 Å². The van der Waals surface area contributed by atoms with Crippen LogP contribution in [-0.2, 0) is 28.6 Å². The van der Waals surface area contributed by atoms with Gasteiger partial charge in [-0.3, -0.25) is 9.59 Å². The summed E-state index contributed by atoms with van der Waals surface area (Å²) < 4.78 is 16.9. The third-order valence-electron chi connectivity index (χ3n) is 8.12. The van der Waals surface area contributed by atoms with Crippen molar-refractivity contribution in [2.45, 2.75) is 161 Å². The molecule has 0 aromatic carbocycles. The third kappa shape index (κ3) is 28.1. The van der Waals surface area contributed by atoms with E-state index in [2.05, 4.69) is 26.0 Å². The van der Waals surface area contributed by atoms with Crippen LogP contribution in [0.2, 0.25) is 0 Å². The number of carbonyl (C=O) groups is 3. The number of rotatable bonds is 32. The van der Waals surface area contributed by atoms with Crippen LogP contribution in [0, 0.1) is 0 Å². The maximum atomic E-state index is 12.5. The lowest BCUT2D eigenvalue weighted by Gasteiger charge is -2.34. The SMILES string of the molecule is CC/C=C/C/C=C/CCC(=O)OC(COCCC(C(=O)[O-])[N+](C)(C)C)COC(=O)CCCCCCCCCCCCCCCCC. The summed E-state index contributed by atoms with van der Waals surface area (Å²) in [6.45, 7) is 4.44. The minimum absolute atomic E-state index is 0.0204. The van der Waals surface area contributed by atoms with Crippen molar-refractivity contribution in [2.75, 3.05) is 41.0 Å². The zero-order valence-electron chi connectivity index (χ0n) is 30.2. The van der Waals surface area contributed by atoms with Crippen molar-refractivity contribution in [3.05, 3.63) is 24.3 Å². The molecule has 0 spiro atoms. The summed E-state index contributed by atoms with van der Waals surface area (Å²) in [5.74, 6) is -1.83. The van der Waals surface area contributed by atoms with Gasteiger partial charge in [0.1, 0.15) is 12.6 Å². The van der Waals surface area contributed by atoms with E-state index < -0.39 is 18.1 Å². The molecule has 0 heterocycles. The van der Waals surface area contributed by atoms with Crippen LogP contribution in [-0.4, -0.2) is 75.5 Å². The van der Waals surface area contributed by atoms with Gasteiger partial charge in [-0.25, -0.2) is 0 Å². The van der Waals surface area contributed by atoms with Crippen LogP contribution in [0.15, 0.2) is 24.3 Å². The number of esters is 2. The zero-order valence-corrected chi connectivity index (χ0v) is 30.2. The molecule has 0 aliphatic rings. The molecule has 0 saturated heterocycles. The lowest BCUT2D eigenvalue weighted by Crippen LogP contribution is -2.55. The van der Waals surface area contributed by atoms with Gasteiger partial charge in [-0.1, -0.05) is 128 Å². The molecule has 0 aromatic heterocycles. The van der Waals surface area contributed by atoms with Gasteiger partial charge in [0.05, 0.1) is 40.3 Å². The number of carboxylic acids is 1. The molecule has 0 aliphatic heterocycles. The van der Waals surface area contributed by atoms with Gasteiger partial charge in [0.15, 0.2) is 6.10 Å². The summed E-state index contributed by atoms with van der Waals surface area (Å²) in [5.41, 5.74) is 0. The fourth-order valence-corrected chi connectivity index (χ4v) is 5.25. The number of unbranched alkanes of at least 4 members (excludes halogenated alkanes) is 14. The second-order valence-corrected chi connectivity index (χ2v) is 13.4. The molecule has 0 aromatic rings. The number of carboxylic acid groups (broad SMARTS) is 1. The third-order valence-corrected chi connectivity index (χ3v) is 8.12. The van der Waals surface area contributed by atoms with E-state index in [4.69, 9.17) is 14.2 Å². The second kappa shape index (κ2) is 30.2. The van der Waals surface area contributed by atoms with E-state index in [0.29, 0.717) is 12.8 Å². The predicted octanol–water partition coefficient (Wildman–Crippen LogP) is 7.63. The topological polar surface area (TPSA) is 102 Å². The zero-order chi connectivity index (χ0) is 34.3. The van der Waals surface area contributed by atoms with Crippen molar-refractivity contribution >= 4 is 17.9 Å². The number of hydrogen-bond acceptors (Lipinski definition) is 7. The Morgan fingerprint density at radius 2 is 1.22 bits per heavy atom. The van der Waals surface area contributed by atoms with Gasteiger partial charge in [0, 0.05) is 19.3 Å². The van der Waals surface area contributed by atoms with Gasteiger partial charge in [0.25, 0.3) is 0 Å². The number of carbonyl (C=O) groups excluding carboxylic acids is 3. The molecule has 0 saturated carbocycles. The summed E-state index contributed by atoms with van der Waals surface area (Å²) in [7, 11) is 5.37. The summed E-state index contributed by atoms with van der Waals surface area (Å²) in [6, 6.07) is -0.729. The van der Waals surface area contributed by atoms with E-state index in [1.165, 1.54) is 77.0 Å². The van der Waals surface area contributed by atoms with Gasteiger partial charge in [0.2, 0.25) is 0 Å². The fourth-order valence-electron chi connectivity index (χ4n) is 5.25. The Labute approximate surface area is 281 Å². The first-order chi connectivity index (χ1) is 22.1. The van der Waals surface area contributed by atoms with Crippen molar-refractivity contribution in [1.29, 1.82) is 0 Å². The monoisotopic (exact) mass is 652 g/mol. The van der Waals surface area contributed by atoms with Gasteiger partial charge in [-0.05, 0) is 25.7 Å². The highest BCUT2D eigenvalue weighted by atomic mass is 16.6. The van der Waals surface area contributed by atoms with Crippen LogP contribution in [0.1, 0.15) is 149 Å². The van der Waals surface area contributed by atoms with Crippen LogP contribution in [0.3, 0.4) is 0 Å². The normalized spacial score (nSPS) is 13.3. The Morgan fingerprint density at radius 1 is 0.674 bits per heavy atom. The maximum Gasteiger partial charge on any atom is 0.306 e. The lowest BCUT2D eigenvalue weighted by molar-refractivity contribution is -0.889. The van der Waals surface area contributed by atoms with E-state index in [0.717, 1.165) is 32.1 Å². The minimum Gasteiger partial charge on any atom is -0.544 e. The van der Waals surface area contributed by atoms with Gasteiger partial charge >= 0.3 is 11.9 Å². The first-order valence-corrected chi connectivity index (χ1v) is 18.4. The Kier molecular flexibility index (Phi) is 28.7. The molecule has 0 N–H and O–H groups in total. The maximum absolute atomic E-state index is 12.5. The molecule has 0 aliphatic carbocycles. The Morgan fingerprint density at radius 3 is 1.74 bits per heavy atom. The first kappa shape index (κ1) is 43.8. The highest BCUT2D eigenvalue weighted by Gasteiger charge is 2.25. The fraction of sp³-hybridized carbons (Fsp3) is 0.816. The molecule has 46 heavy (non-hydrogen) atoms. The summed E-state index contributed by atoms with van der Waals surface area (Å²) in [6.07, 6.45) is 29.6. The van der Waals surface area contributed by atoms with Crippen LogP contribution in [0.4, 0.5) is 0 Å². The number of allylic oxidation sites excluding steroid dienone is 4. The van der Waals surface area contributed by atoms with Crippen LogP contribution in [0.5, 0.6) is 0 Å². The smallest absolute Gasteiger partial charge is 0.306 e. The van der Waals surface area contributed by atoms with Crippen LogP contribution in [0.25, 0.3) is 0 Å². The minimum atomic E-state index is -1.13. The van der Waals surface area contributed by atoms with E-state index in [-0.39, 0.29) is 49.1 Å². The summed E-state index contributed by atoms with van der Waals surface area (Å²) in [4.78, 5) is 36.4.